The van der Waals surface area contributed by atoms with E-state index in [-0.39, 0.29) is 11.8 Å². The molecule has 0 aromatic carbocycles. The maximum Gasteiger partial charge on any atom is 0.222 e. The summed E-state index contributed by atoms with van der Waals surface area (Å²) in [6.07, 6.45) is 3.57. The van der Waals surface area contributed by atoms with Crippen LogP contribution in [-0.4, -0.2) is 38.7 Å². The number of anilines is 1. The summed E-state index contributed by atoms with van der Waals surface area (Å²) in [5, 5.41) is 5.16. The Labute approximate surface area is 116 Å². The molecule has 3 heterocycles. The van der Waals surface area contributed by atoms with Crippen molar-refractivity contribution in [3.05, 3.63) is 12.0 Å². The van der Waals surface area contributed by atoms with Gasteiger partial charge in [-0.25, -0.2) is 9.97 Å². The summed E-state index contributed by atoms with van der Waals surface area (Å²) in [7, 11) is 1.86. The van der Waals surface area contributed by atoms with Gasteiger partial charge in [-0.3, -0.25) is 9.48 Å². The molecule has 0 bridgehead atoms. The Morgan fingerprint density at radius 1 is 1.45 bits per heavy atom. The zero-order valence-electron chi connectivity index (χ0n) is 11.7. The van der Waals surface area contributed by atoms with Crippen molar-refractivity contribution in [1.82, 2.24) is 19.7 Å². The number of primary amides is 1. The molecule has 3 rings (SSSR count). The first-order valence-electron chi connectivity index (χ1n) is 6.77. The maximum atomic E-state index is 11.4. The normalized spacial score (nSPS) is 19.5. The summed E-state index contributed by atoms with van der Waals surface area (Å²) in [5.41, 5.74) is 6.25. The molecule has 106 valence electrons. The predicted molar refractivity (Wildman–Crippen MR) is 75.2 cm³/mol. The minimum atomic E-state index is -0.233. The molecule has 1 saturated heterocycles. The van der Waals surface area contributed by atoms with Crippen LogP contribution in [0.4, 0.5) is 5.82 Å². The molecule has 0 saturated carbocycles. The smallest absolute Gasteiger partial charge is 0.222 e. The third-order valence-electron chi connectivity index (χ3n) is 3.81. The van der Waals surface area contributed by atoms with Crippen LogP contribution in [0.15, 0.2) is 6.20 Å². The van der Waals surface area contributed by atoms with Crippen molar-refractivity contribution in [3.63, 3.8) is 0 Å². The number of aromatic nitrogens is 4. The van der Waals surface area contributed by atoms with Gasteiger partial charge in [0.15, 0.2) is 5.65 Å². The van der Waals surface area contributed by atoms with E-state index in [0.717, 1.165) is 36.2 Å². The highest BCUT2D eigenvalue weighted by molar-refractivity contribution is 5.87. The highest BCUT2D eigenvalue weighted by atomic mass is 16.1. The zero-order valence-corrected chi connectivity index (χ0v) is 11.7. The van der Waals surface area contributed by atoms with E-state index in [1.165, 1.54) is 0 Å². The number of rotatable bonds is 2. The summed E-state index contributed by atoms with van der Waals surface area (Å²) >= 11 is 0. The Morgan fingerprint density at radius 2 is 2.25 bits per heavy atom. The molecule has 0 spiro atoms. The van der Waals surface area contributed by atoms with Crippen LogP contribution < -0.4 is 10.6 Å². The molecule has 7 nitrogen and oxygen atoms in total. The molecule has 20 heavy (non-hydrogen) atoms. The van der Waals surface area contributed by atoms with E-state index >= 15 is 0 Å². The fourth-order valence-electron chi connectivity index (χ4n) is 2.76. The van der Waals surface area contributed by atoms with E-state index in [1.807, 2.05) is 14.0 Å². The molecule has 1 fully saturated rings. The average molecular weight is 274 g/mol. The Kier molecular flexibility index (Phi) is 3.04. The SMILES string of the molecule is Cc1nc(N2CCCC(C(N)=O)C2)c2cnn(C)c2n1. The zero-order chi connectivity index (χ0) is 14.3. The number of aryl methyl sites for hydroxylation is 2. The quantitative estimate of drug-likeness (QED) is 0.854. The lowest BCUT2D eigenvalue weighted by molar-refractivity contribution is -0.122. The van der Waals surface area contributed by atoms with Crippen LogP contribution >= 0.6 is 0 Å². The van der Waals surface area contributed by atoms with Gasteiger partial charge < -0.3 is 10.6 Å². The second kappa shape index (κ2) is 4.73. The number of hydrogen-bond acceptors (Lipinski definition) is 5. The molecule has 7 heteroatoms. The summed E-state index contributed by atoms with van der Waals surface area (Å²) in [6.45, 7) is 3.37. The fraction of sp³-hybridized carbons (Fsp3) is 0.538. The third kappa shape index (κ3) is 2.09. The van der Waals surface area contributed by atoms with Gasteiger partial charge in [-0.1, -0.05) is 0 Å². The first-order chi connectivity index (χ1) is 9.56. The Bertz CT molecular complexity index is 664. The van der Waals surface area contributed by atoms with Crippen molar-refractivity contribution < 1.29 is 4.79 Å². The maximum absolute atomic E-state index is 11.4. The summed E-state index contributed by atoms with van der Waals surface area (Å²) < 4.78 is 1.74. The van der Waals surface area contributed by atoms with E-state index in [9.17, 15) is 4.79 Å². The summed E-state index contributed by atoms with van der Waals surface area (Å²) in [5.74, 6) is 1.22. The molecule has 1 amide bonds. The van der Waals surface area contributed by atoms with Crippen molar-refractivity contribution in [2.45, 2.75) is 19.8 Å². The number of piperidine rings is 1. The number of nitrogens with two attached hydrogens (primary N) is 1. The Balaban J connectivity index is 2.03. The molecule has 1 aliphatic heterocycles. The first-order valence-corrected chi connectivity index (χ1v) is 6.77. The van der Waals surface area contributed by atoms with E-state index in [0.29, 0.717) is 12.4 Å². The third-order valence-corrected chi connectivity index (χ3v) is 3.81. The van der Waals surface area contributed by atoms with Gasteiger partial charge in [0.25, 0.3) is 0 Å². The van der Waals surface area contributed by atoms with Crippen LogP contribution in [0.25, 0.3) is 11.0 Å². The Morgan fingerprint density at radius 3 is 3.00 bits per heavy atom. The topological polar surface area (TPSA) is 89.9 Å². The second-order valence-corrected chi connectivity index (χ2v) is 5.29. The minimum Gasteiger partial charge on any atom is -0.369 e. The van der Waals surface area contributed by atoms with Gasteiger partial charge in [0.1, 0.15) is 11.6 Å². The lowest BCUT2D eigenvalue weighted by atomic mass is 9.97. The average Bonchev–Trinajstić information content (AvgIpc) is 2.80. The number of fused-ring (bicyclic) bond motifs is 1. The number of amides is 1. The molecule has 1 unspecified atom stereocenters. The lowest BCUT2D eigenvalue weighted by Gasteiger charge is -2.32. The molecule has 2 aromatic rings. The molecule has 1 aliphatic rings. The van der Waals surface area contributed by atoms with Gasteiger partial charge in [-0.05, 0) is 19.8 Å². The van der Waals surface area contributed by atoms with Crippen molar-refractivity contribution in [1.29, 1.82) is 0 Å². The lowest BCUT2D eigenvalue weighted by Crippen LogP contribution is -2.41. The second-order valence-electron chi connectivity index (χ2n) is 5.29. The van der Waals surface area contributed by atoms with E-state index in [2.05, 4.69) is 20.0 Å². The molecule has 1 atom stereocenters. The number of nitrogens with zero attached hydrogens (tertiary/aromatic N) is 5. The van der Waals surface area contributed by atoms with E-state index in [1.54, 1.807) is 10.9 Å². The van der Waals surface area contributed by atoms with Crippen LogP contribution in [0.1, 0.15) is 18.7 Å². The van der Waals surface area contributed by atoms with Crippen LogP contribution in [0.5, 0.6) is 0 Å². The standard InChI is InChI=1S/C13H18N6O/c1-8-16-12-10(6-15-18(12)2)13(17-8)19-5-3-4-9(7-19)11(14)20/h6,9H,3-5,7H2,1-2H3,(H2,14,20). The van der Waals surface area contributed by atoms with Gasteiger partial charge in [0.05, 0.1) is 17.5 Å². The molecule has 0 aliphatic carbocycles. The number of hydrogen-bond donors (Lipinski definition) is 1. The largest absolute Gasteiger partial charge is 0.369 e. The van der Waals surface area contributed by atoms with Crippen LogP contribution in [-0.2, 0) is 11.8 Å². The predicted octanol–water partition coefficient (Wildman–Crippen LogP) is 0.373. The monoisotopic (exact) mass is 274 g/mol. The van der Waals surface area contributed by atoms with Gasteiger partial charge in [-0.15, -0.1) is 0 Å². The Hall–Kier alpha value is -2.18. The minimum absolute atomic E-state index is 0.106. The molecule has 0 radical (unpaired) electrons. The fourth-order valence-corrected chi connectivity index (χ4v) is 2.76. The number of carbonyl (C=O) groups excluding carboxylic acids is 1. The van der Waals surface area contributed by atoms with Gasteiger partial charge >= 0.3 is 0 Å². The number of carbonyl (C=O) groups is 1. The van der Waals surface area contributed by atoms with Gasteiger partial charge in [0, 0.05) is 20.1 Å². The van der Waals surface area contributed by atoms with Crippen molar-refractivity contribution in [3.8, 4) is 0 Å². The summed E-state index contributed by atoms with van der Waals surface area (Å²) in [4.78, 5) is 22.5. The van der Waals surface area contributed by atoms with E-state index in [4.69, 9.17) is 5.73 Å². The molecule has 2 N–H and O–H groups in total. The molecular weight excluding hydrogens is 256 g/mol. The van der Waals surface area contributed by atoms with Gasteiger partial charge in [-0.2, -0.15) is 5.10 Å². The van der Waals surface area contributed by atoms with Crippen LogP contribution in [0.2, 0.25) is 0 Å². The highest BCUT2D eigenvalue weighted by Gasteiger charge is 2.26. The molecule has 2 aromatic heterocycles. The van der Waals surface area contributed by atoms with Gasteiger partial charge in [0.2, 0.25) is 5.91 Å². The summed E-state index contributed by atoms with van der Waals surface area (Å²) in [6, 6.07) is 0. The first kappa shape index (κ1) is 12.8. The molecular formula is C13H18N6O. The van der Waals surface area contributed by atoms with Crippen molar-refractivity contribution in [2.24, 2.45) is 18.7 Å². The van der Waals surface area contributed by atoms with Crippen LogP contribution in [0, 0.1) is 12.8 Å². The highest BCUT2D eigenvalue weighted by Crippen LogP contribution is 2.27. The van der Waals surface area contributed by atoms with Crippen molar-refractivity contribution >= 4 is 22.8 Å². The van der Waals surface area contributed by atoms with Crippen LogP contribution in [0.3, 0.4) is 0 Å². The van der Waals surface area contributed by atoms with Crippen molar-refractivity contribution in [2.75, 3.05) is 18.0 Å². The van der Waals surface area contributed by atoms with E-state index < -0.39 is 0 Å².